The van der Waals surface area contributed by atoms with Gasteiger partial charge in [0.15, 0.2) is 10.2 Å². The summed E-state index contributed by atoms with van der Waals surface area (Å²) in [5.74, 6) is 0. The van der Waals surface area contributed by atoms with E-state index in [2.05, 4.69) is 67.0 Å². The van der Waals surface area contributed by atoms with Crippen LogP contribution in [0.2, 0.25) is 0 Å². The van der Waals surface area contributed by atoms with Gasteiger partial charge in [-0.25, -0.2) is 0 Å². The van der Waals surface area contributed by atoms with Gasteiger partial charge in [-0.05, 0) is 85.8 Å². The Morgan fingerprint density at radius 2 is 0.941 bits per heavy atom. The smallest absolute Gasteiger partial charge is 0.170 e. The SMILES string of the molecule is CCCCCCNC(=S)Nc1ccc(Br)cc1.CCCCCCNC(=S)Nc1ccc(Br)cc1. The maximum atomic E-state index is 5.21. The van der Waals surface area contributed by atoms with Crippen molar-refractivity contribution in [2.24, 2.45) is 0 Å². The van der Waals surface area contributed by atoms with Crippen LogP contribution in [0.4, 0.5) is 11.4 Å². The molecular weight excluding hydrogens is 592 g/mol. The second kappa shape index (κ2) is 20.0. The lowest BCUT2D eigenvalue weighted by molar-refractivity contribution is 0.655. The van der Waals surface area contributed by atoms with E-state index in [9.17, 15) is 0 Å². The highest BCUT2D eigenvalue weighted by Gasteiger charge is 1.98. The maximum Gasteiger partial charge on any atom is 0.170 e. The molecule has 0 heterocycles. The zero-order valence-corrected chi connectivity index (χ0v) is 25.1. The molecule has 34 heavy (non-hydrogen) atoms. The highest BCUT2D eigenvalue weighted by atomic mass is 79.9. The van der Waals surface area contributed by atoms with Crippen LogP contribution in [-0.4, -0.2) is 23.3 Å². The number of benzene rings is 2. The lowest BCUT2D eigenvalue weighted by Gasteiger charge is -2.10. The topological polar surface area (TPSA) is 48.1 Å². The molecular formula is C26H38Br2N4S2. The summed E-state index contributed by atoms with van der Waals surface area (Å²) in [6.45, 7) is 6.32. The van der Waals surface area contributed by atoms with Gasteiger partial charge in [0.2, 0.25) is 0 Å². The number of hydrogen-bond acceptors (Lipinski definition) is 2. The van der Waals surface area contributed by atoms with Crippen molar-refractivity contribution < 1.29 is 0 Å². The van der Waals surface area contributed by atoms with E-state index in [4.69, 9.17) is 24.4 Å². The van der Waals surface area contributed by atoms with Crippen LogP contribution in [0.5, 0.6) is 0 Å². The third kappa shape index (κ3) is 16.4. The summed E-state index contributed by atoms with van der Waals surface area (Å²) in [5.41, 5.74) is 2.03. The van der Waals surface area contributed by atoms with E-state index in [1.807, 2.05) is 48.5 Å². The van der Waals surface area contributed by atoms with Crippen molar-refractivity contribution in [2.45, 2.75) is 65.2 Å². The lowest BCUT2D eigenvalue weighted by Crippen LogP contribution is -2.29. The van der Waals surface area contributed by atoms with Crippen LogP contribution >= 0.6 is 56.3 Å². The van der Waals surface area contributed by atoms with Gasteiger partial charge in [0.25, 0.3) is 0 Å². The van der Waals surface area contributed by atoms with Crippen molar-refractivity contribution in [1.82, 2.24) is 10.6 Å². The van der Waals surface area contributed by atoms with Gasteiger partial charge in [0.1, 0.15) is 0 Å². The molecule has 0 saturated carbocycles. The summed E-state index contributed by atoms with van der Waals surface area (Å²) in [7, 11) is 0. The normalized spacial score (nSPS) is 10.0. The third-order valence-corrected chi connectivity index (χ3v) is 6.39. The first-order valence-corrected chi connectivity index (χ1v) is 14.5. The molecule has 0 aromatic heterocycles. The Kier molecular flexibility index (Phi) is 18.1. The monoisotopic (exact) mass is 628 g/mol. The van der Waals surface area contributed by atoms with Crippen molar-refractivity contribution in [1.29, 1.82) is 0 Å². The van der Waals surface area contributed by atoms with E-state index in [1.165, 1.54) is 51.4 Å². The summed E-state index contributed by atoms with van der Waals surface area (Å²) >= 11 is 17.2. The van der Waals surface area contributed by atoms with Gasteiger partial charge in [-0.1, -0.05) is 84.2 Å². The standard InChI is InChI=1S/2C13H19BrN2S/c2*1-2-3-4-5-10-15-13(17)16-12-8-6-11(14)7-9-12/h2*6-9H,2-5,10H2,1H3,(H2,15,16,17). The van der Waals surface area contributed by atoms with Gasteiger partial charge in [-0.2, -0.15) is 0 Å². The second-order valence-electron chi connectivity index (χ2n) is 7.90. The zero-order valence-electron chi connectivity index (χ0n) is 20.3. The molecule has 0 aliphatic heterocycles. The van der Waals surface area contributed by atoms with Gasteiger partial charge in [-0.3, -0.25) is 0 Å². The van der Waals surface area contributed by atoms with Crippen molar-refractivity contribution in [3.05, 3.63) is 57.5 Å². The van der Waals surface area contributed by atoms with E-state index in [-0.39, 0.29) is 0 Å². The first-order chi connectivity index (χ1) is 16.4. The Labute approximate surface area is 233 Å². The molecule has 0 amide bonds. The predicted molar refractivity (Wildman–Crippen MR) is 165 cm³/mol. The first kappa shape index (κ1) is 30.8. The predicted octanol–water partition coefficient (Wildman–Crippen LogP) is 8.63. The molecule has 0 unspecified atom stereocenters. The van der Waals surface area contributed by atoms with Crippen LogP contribution in [0, 0.1) is 0 Å². The molecule has 2 aromatic rings. The van der Waals surface area contributed by atoms with Crippen LogP contribution in [0.3, 0.4) is 0 Å². The highest BCUT2D eigenvalue weighted by Crippen LogP contribution is 2.14. The first-order valence-electron chi connectivity index (χ1n) is 12.1. The van der Waals surface area contributed by atoms with Gasteiger partial charge >= 0.3 is 0 Å². The Bertz CT molecular complexity index is 745. The number of halogens is 2. The second-order valence-corrected chi connectivity index (χ2v) is 10.5. The van der Waals surface area contributed by atoms with E-state index < -0.39 is 0 Å². The van der Waals surface area contributed by atoms with Crippen LogP contribution in [-0.2, 0) is 0 Å². The number of rotatable bonds is 12. The van der Waals surface area contributed by atoms with Crippen molar-refractivity contribution in [2.75, 3.05) is 23.7 Å². The van der Waals surface area contributed by atoms with Crippen molar-refractivity contribution >= 4 is 77.9 Å². The molecule has 0 aliphatic rings. The molecule has 188 valence electrons. The Morgan fingerprint density at radius 3 is 1.26 bits per heavy atom. The molecule has 0 saturated heterocycles. The van der Waals surface area contributed by atoms with Crippen molar-refractivity contribution in [3.63, 3.8) is 0 Å². The van der Waals surface area contributed by atoms with Crippen LogP contribution < -0.4 is 21.3 Å². The maximum absolute atomic E-state index is 5.21. The minimum absolute atomic E-state index is 0.698. The fourth-order valence-electron chi connectivity index (χ4n) is 2.92. The molecule has 8 heteroatoms. The summed E-state index contributed by atoms with van der Waals surface area (Å²) in [5, 5.41) is 14.1. The number of anilines is 2. The quantitative estimate of drug-likeness (QED) is 0.139. The Morgan fingerprint density at radius 1 is 0.588 bits per heavy atom. The average molecular weight is 631 g/mol. The summed E-state index contributed by atoms with van der Waals surface area (Å²) in [4.78, 5) is 0. The zero-order chi connectivity index (χ0) is 25.0. The third-order valence-electron chi connectivity index (χ3n) is 4.84. The molecule has 4 N–H and O–H groups in total. The molecule has 0 spiro atoms. The van der Waals surface area contributed by atoms with Crippen molar-refractivity contribution in [3.8, 4) is 0 Å². The van der Waals surface area contributed by atoms with E-state index in [1.54, 1.807) is 0 Å². The largest absolute Gasteiger partial charge is 0.362 e. The van der Waals surface area contributed by atoms with Gasteiger partial charge in [0, 0.05) is 33.4 Å². The average Bonchev–Trinajstić information content (AvgIpc) is 2.82. The molecule has 4 nitrogen and oxygen atoms in total. The van der Waals surface area contributed by atoms with Gasteiger partial charge in [0.05, 0.1) is 0 Å². The van der Waals surface area contributed by atoms with Gasteiger partial charge in [-0.15, -0.1) is 0 Å². The molecule has 2 aromatic carbocycles. The number of nitrogens with one attached hydrogen (secondary N) is 4. The lowest BCUT2D eigenvalue weighted by atomic mass is 10.2. The minimum Gasteiger partial charge on any atom is -0.362 e. The van der Waals surface area contributed by atoms with Gasteiger partial charge < -0.3 is 21.3 Å². The van der Waals surface area contributed by atoms with Crippen LogP contribution in [0.25, 0.3) is 0 Å². The number of thiocarbonyl (C=S) groups is 2. The summed E-state index contributed by atoms with van der Waals surface area (Å²) in [6.07, 6.45) is 10.0. The molecule has 0 fully saturated rings. The van der Waals surface area contributed by atoms with Crippen LogP contribution in [0.1, 0.15) is 65.2 Å². The number of unbranched alkanes of at least 4 members (excludes halogenated alkanes) is 6. The van der Waals surface area contributed by atoms with E-state index in [0.717, 1.165) is 33.4 Å². The molecule has 0 atom stereocenters. The fourth-order valence-corrected chi connectivity index (χ4v) is 3.89. The highest BCUT2D eigenvalue weighted by molar-refractivity contribution is 9.10. The summed E-state index contributed by atoms with van der Waals surface area (Å²) in [6, 6.07) is 15.9. The summed E-state index contributed by atoms with van der Waals surface area (Å²) < 4.78 is 2.14. The Balaban J connectivity index is 0.000000340. The Hall–Kier alpha value is -1.22. The molecule has 0 aliphatic carbocycles. The fraction of sp³-hybridized carbons (Fsp3) is 0.462. The van der Waals surface area contributed by atoms with Crippen LogP contribution in [0.15, 0.2) is 57.5 Å². The van der Waals surface area contributed by atoms with E-state index >= 15 is 0 Å². The molecule has 0 bridgehead atoms. The van der Waals surface area contributed by atoms with E-state index in [0.29, 0.717) is 10.2 Å². The minimum atomic E-state index is 0.698. The molecule has 2 rings (SSSR count). The number of hydrogen-bond donors (Lipinski definition) is 4. The molecule has 0 radical (unpaired) electrons.